The average molecular weight is 215 g/mol. The summed E-state index contributed by atoms with van der Waals surface area (Å²) in [5, 5.41) is 1.26. The number of amides is 1. The summed E-state index contributed by atoms with van der Waals surface area (Å²) in [5.41, 5.74) is -0.720. The van der Waals surface area contributed by atoms with E-state index in [2.05, 4.69) is 0 Å². The molecule has 2 fully saturated rings. The van der Waals surface area contributed by atoms with Gasteiger partial charge in [0, 0.05) is 19.3 Å². The van der Waals surface area contributed by atoms with Crippen molar-refractivity contribution in [1.82, 2.24) is 5.06 Å². The lowest BCUT2D eigenvalue weighted by atomic mass is 9.83. The normalized spacial score (nSPS) is 25.9. The molecule has 1 saturated carbocycles. The van der Waals surface area contributed by atoms with E-state index in [1.165, 1.54) is 5.06 Å². The maximum atomic E-state index is 11.9. The van der Waals surface area contributed by atoms with Gasteiger partial charge in [0.1, 0.15) is 0 Å². The summed E-state index contributed by atoms with van der Waals surface area (Å²) in [6.45, 7) is 0. The summed E-state index contributed by atoms with van der Waals surface area (Å²) in [4.78, 5) is 16.8. The fraction of sp³-hybridized carbons (Fsp3) is 0.778. The fourth-order valence-electron chi connectivity index (χ4n) is 2.10. The van der Waals surface area contributed by atoms with Crippen molar-refractivity contribution in [2.75, 3.05) is 7.05 Å². The Labute approximate surface area is 88.1 Å². The Balaban J connectivity index is 2.22. The van der Waals surface area contributed by atoms with Crippen molar-refractivity contribution in [1.29, 1.82) is 0 Å². The standard InChI is InChI=1S/C9H13NO3S/c1-10-7(11)9(12-8(14)13-10)5-3-2-4-6-9/h2-6H2,1H3. The third kappa shape index (κ3) is 1.45. The van der Waals surface area contributed by atoms with Crippen LogP contribution in [0, 0.1) is 0 Å². The number of hydrogen-bond donors (Lipinski definition) is 0. The van der Waals surface area contributed by atoms with Gasteiger partial charge in [-0.3, -0.25) is 4.79 Å². The lowest BCUT2D eigenvalue weighted by Crippen LogP contribution is -2.56. The summed E-state index contributed by atoms with van der Waals surface area (Å²) < 4.78 is 5.42. The summed E-state index contributed by atoms with van der Waals surface area (Å²) in [6, 6.07) is 0. The van der Waals surface area contributed by atoms with Crippen LogP contribution in [0.15, 0.2) is 0 Å². The number of carbonyl (C=O) groups excluding carboxylic acids is 1. The van der Waals surface area contributed by atoms with Crippen LogP contribution in [0.1, 0.15) is 32.1 Å². The molecule has 14 heavy (non-hydrogen) atoms. The third-order valence-electron chi connectivity index (χ3n) is 2.83. The van der Waals surface area contributed by atoms with Gasteiger partial charge in [-0.2, -0.15) is 5.06 Å². The molecule has 0 aromatic heterocycles. The maximum Gasteiger partial charge on any atom is 0.378 e. The minimum Gasteiger partial charge on any atom is -0.438 e. The highest BCUT2D eigenvalue weighted by Crippen LogP contribution is 2.35. The van der Waals surface area contributed by atoms with Crippen molar-refractivity contribution in [3.8, 4) is 0 Å². The van der Waals surface area contributed by atoms with Crippen LogP contribution in [0.3, 0.4) is 0 Å². The number of likely N-dealkylation sites (N-methyl/N-ethyl adjacent to an activating group) is 1. The van der Waals surface area contributed by atoms with Crippen LogP contribution in [0.2, 0.25) is 0 Å². The molecule has 0 aromatic carbocycles. The maximum absolute atomic E-state index is 11.9. The lowest BCUT2D eigenvalue weighted by Gasteiger charge is -2.41. The predicted octanol–water partition coefficient (Wildman–Crippen LogP) is 1.39. The van der Waals surface area contributed by atoms with Crippen LogP contribution in [0.5, 0.6) is 0 Å². The predicted molar refractivity (Wildman–Crippen MR) is 53.4 cm³/mol. The first-order valence-corrected chi connectivity index (χ1v) is 5.24. The first-order chi connectivity index (χ1) is 6.64. The molecular formula is C9H13NO3S. The summed E-state index contributed by atoms with van der Waals surface area (Å²) in [6.07, 6.45) is 4.69. The molecule has 2 rings (SSSR count). The zero-order valence-electron chi connectivity index (χ0n) is 8.12. The SMILES string of the molecule is CN1OC(=S)OC2(CCCCC2)C1=O. The van der Waals surface area contributed by atoms with Crippen LogP contribution in [-0.4, -0.2) is 28.9 Å². The van der Waals surface area contributed by atoms with E-state index in [0.717, 1.165) is 32.1 Å². The molecule has 1 heterocycles. The highest BCUT2D eigenvalue weighted by atomic mass is 32.1. The van der Waals surface area contributed by atoms with Gasteiger partial charge in [0.25, 0.3) is 5.91 Å². The number of hydroxylamine groups is 2. The van der Waals surface area contributed by atoms with Gasteiger partial charge in [0.05, 0.1) is 0 Å². The van der Waals surface area contributed by atoms with E-state index < -0.39 is 5.60 Å². The molecule has 0 bridgehead atoms. The molecule has 78 valence electrons. The molecule has 0 atom stereocenters. The number of rotatable bonds is 0. The molecule has 5 heteroatoms. The Morgan fingerprint density at radius 1 is 1.36 bits per heavy atom. The molecule has 4 nitrogen and oxygen atoms in total. The first kappa shape index (κ1) is 9.71. The van der Waals surface area contributed by atoms with E-state index in [0.29, 0.717) is 0 Å². The van der Waals surface area contributed by atoms with Gasteiger partial charge < -0.3 is 9.57 Å². The van der Waals surface area contributed by atoms with Gasteiger partial charge in [-0.1, -0.05) is 6.42 Å². The summed E-state index contributed by atoms with van der Waals surface area (Å²) in [5.74, 6) is -0.106. The largest absolute Gasteiger partial charge is 0.438 e. The van der Waals surface area contributed by atoms with Crippen LogP contribution in [0.4, 0.5) is 0 Å². The third-order valence-corrected chi connectivity index (χ3v) is 2.99. The molecular weight excluding hydrogens is 202 g/mol. The van der Waals surface area contributed by atoms with Crippen LogP contribution >= 0.6 is 12.2 Å². The smallest absolute Gasteiger partial charge is 0.378 e. The Kier molecular flexibility index (Phi) is 2.34. The Bertz CT molecular complexity index is 273. The van der Waals surface area contributed by atoms with E-state index in [-0.39, 0.29) is 11.1 Å². The number of thiocarbonyl (C=S) groups is 1. The minimum absolute atomic E-state index is 0.0639. The highest BCUT2D eigenvalue weighted by Gasteiger charge is 2.48. The number of nitrogens with zero attached hydrogens (tertiary/aromatic N) is 1. The second-order valence-electron chi connectivity index (χ2n) is 3.80. The Morgan fingerprint density at radius 2 is 2.00 bits per heavy atom. The van der Waals surface area contributed by atoms with Gasteiger partial charge in [-0.15, -0.1) is 0 Å². The van der Waals surface area contributed by atoms with Crippen molar-refractivity contribution in [2.45, 2.75) is 37.7 Å². The lowest BCUT2D eigenvalue weighted by molar-refractivity contribution is -0.203. The number of carbonyl (C=O) groups is 1. The average Bonchev–Trinajstić information content (AvgIpc) is 2.15. The van der Waals surface area contributed by atoms with Gasteiger partial charge in [-0.05, 0) is 25.7 Å². The van der Waals surface area contributed by atoms with Crippen molar-refractivity contribution in [2.24, 2.45) is 0 Å². The number of hydrogen-bond acceptors (Lipinski definition) is 4. The molecule has 0 radical (unpaired) electrons. The van der Waals surface area contributed by atoms with Crippen molar-refractivity contribution < 1.29 is 14.4 Å². The van der Waals surface area contributed by atoms with Gasteiger partial charge in [-0.25, -0.2) is 0 Å². The van der Waals surface area contributed by atoms with E-state index in [9.17, 15) is 4.79 Å². The van der Waals surface area contributed by atoms with Gasteiger partial charge in [0.2, 0.25) is 0 Å². The first-order valence-electron chi connectivity index (χ1n) is 4.83. The molecule has 1 aliphatic heterocycles. The molecule has 1 amide bonds. The van der Waals surface area contributed by atoms with Crippen molar-refractivity contribution in [3.05, 3.63) is 0 Å². The van der Waals surface area contributed by atoms with E-state index in [1.807, 2.05) is 0 Å². The highest BCUT2D eigenvalue weighted by molar-refractivity contribution is 7.79. The molecule has 0 aromatic rings. The zero-order chi connectivity index (χ0) is 10.2. The topological polar surface area (TPSA) is 38.8 Å². The van der Waals surface area contributed by atoms with Gasteiger partial charge in [0.15, 0.2) is 5.60 Å². The monoisotopic (exact) mass is 215 g/mol. The quantitative estimate of drug-likeness (QED) is 0.572. The molecule has 1 saturated heterocycles. The van der Waals surface area contributed by atoms with Crippen LogP contribution < -0.4 is 0 Å². The van der Waals surface area contributed by atoms with E-state index in [4.69, 9.17) is 21.8 Å². The molecule has 0 unspecified atom stereocenters. The second-order valence-corrected chi connectivity index (χ2v) is 4.13. The van der Waals surface area contributed by atoms with E-state index >= 15 is 0 Å². The van der Waals surface area contributed by atoms with Crippen molar-refractivity contribution >= 4 is 23.4 Å². The van der Waals surface area contributed by atoms with Gasteiger partial charge >= 0.3 is 5.24 Å². The van der Waals surface area contributed by atoms with E-state index in [1.54, 1.807) is 7.05 Å². The molecule has 1 spiro atoms. The second kappa shape index (κ2) is 3.38. The minimum atomic E-state index is -0.720. The van der Waals surface area contributed by atoms with Crippen molar-refractivity contribution in [3.63, 3.8) is 0 Å². The zero-order valence-corrected chi connectivity index (χ0v) is 8.93. The molecule has 0 N–H and O–H groups in total. The van der Waals surface area contributed by atoms with Crippen LogP contribution in [0.25, 0.3) is 0 Å². The molecule has 1 aliphatic carbocycles. The number of ether oxygens (including phenoxy) is 1. The Hall–Kier alpha value is -0.840. The van der Waals surface area contributed by atoms with Crippen LogP contribution in [-0.2, 0) is 14.4 Å². The Morgan fingerprint density at radius 3 is 2.64 bits per heavy atom. The summed E-state index contributed by atoms with van der Waals surface area (Å²) in [7, 11) is 1.58. The summed E-state index contributed by atoms with van der Waals surface area (Å²) >= 11 is 4.85. The fourth-order valence-corrected chi connectivity index (χ4v) is 2.37. The molecule has 2 aliphatic rings.